The van der Waals surface area contributed by atoms with E-state index in [1.54, 1.807) is 0 Å². The normalized spacial score (nSPS) is 11.8. The van der Waals surface area contributed by atoms with Gasteiger partial charge in [-0.15, -0.1) is 0 Å². The van der Waals surface area contributed by atoms with E-state index in [4.69, 9.17) is 0 Å². The van der Waals surface area contributed by atoms with Gasteiger partial charge in [-0.1, -0.05) is 66.7 Å². The predicted molar refractivity (Wildman–Crippen MR) is 78.5 cm³/mol. The van der Waals surface area contributed by atoms with Gasteiger partial charge in [0.15, 0.2) is 0 Å². The van der Waals surface area contributed by atoms with Gasteiger partial charge >= 0.3 is 0 Å². The summed E-state index contributed by atoms with van der Waals surface area (Å²) < 4.78 is 0. The zero-order valence-electron chi connectivity index (χ0n) is 10.3. The molecule has 0 fully saturated rings. The largest absolute Gasteiger partial charge is 0.0836 e. The van der Waals surface area contributed by atoms with Gasteiger partial charge in [0.05, 0.1) is 0 Å². The Morgan fingerprint density at radius 2 is 1.24 bits per heavy atom. The van der Waals surface area contributed by atoms with Gasteiger partial charge in [-0.05, 0) is 37.7 Å². The molecule has 0 aliphatic heterocycles. The highest BCUT2D eigenvalue weighted by Gasteiger charge is 2.14. The van der Waals surface area contributed by atoms with Crippen LogP contribution in [0.1, 0.15) is 13.8 Å². The van der Waals surface area contributed by atoms with Crippen LogP contribution < -0.4 is 10.6 Å². The Bertz CT molecular complexity index is 446. The molecule has 0 nitrogen and oxygen atoms in total. The van der Waals surface area contributed by atoms with Crippen LogP contribution in [0, 0.1) is 0 Å². The minimum absolute atomic E-state index is 0.351. The molecule has 0 saturated carbocycles. The molecule has 0 atom stereocenters. The first-order valence-corrected chi connectivity index (χ1v) is 7.20. The van der Waals surface area contributed by atoms with Gasteiger partial charge in [0.25, 0.3) is 0 Å². The van der Waals surface area contributed by atoms with Gasteiger partial charge in [-0.3, -0.25) is 0 Å². The molecule has 0 amide bonds. The second kappa shape index (κ2) is 5.80. The van der Waals surface area contributed by atoms with Crippen molar-refractivity contribution in [2.75, 3.05) is 0 Å². The van der Waals surface area contributed by atoms with Crippen molar-refractivity contribution in [1.29, 1.82) is 0 Å². The van der Waals surface area contributed by atoms with Crippen LogP contribution in [0.3, 0.4) is 0 Å². The Kier molecular flexibility index (Phi) is 4.12. The lowest BCUT2D eigenvalue weighted by Gasteiger charge is -2.19. The summed E-state index contributed by atoms with van der Waals surface area (Å²) in [6, 6.07) is 21.6. The van der Waals surface area contributed by atoms with Crippen LogP contribution >= 0.6 is 7.92 Å². The van der Waals surface area contributed by atoms with Crippen molar-refractivity contribution in [3.63, 3.8) is 0 Å². The molecule has 1 heteroatoms. The van der Waals surface area contributed by atoms with Crippen LogP contribution in [0.2, 0.25) is 0 Å². The molecule has 2 aromatic carbocycles. The monoisotopic (exact) mass is 240 g/mol. The molecule has 0 radical (unpaired) electrons. The second-order valence-corrected chi connectivity index (χ2v) is 6.35. The van der Waals surface area contributed by atoms with Gasteiger partial charge in [-0.2, -0.15) is 0 Å². The first-order valence-electron chi connectivity index (χ1n) is 5.86. The van der Waals surface area contributed by atoms with E-state index < -0.39 is 0 Å². The molecule has 0 unspecified atom stereocenters. The highest BCUT2D eigenvalue weighted by molar-refractivity contribution is 7.76. The first kappa shape index (κ1) is 12.1. The summed E-state index contributed by atoms with van der Waals surface area (Å²) in [6.45, 7) is 4.35. The molecular formula is C16H17P. The fraction of sp³-hybridized carbons (Fsp3) is 0.125. The summed E-state index contributed by atoms with van der Waals surface area (Å²) in [4.78, 5) is 0. The Morgan fingerprint density at radius 3 is 1.59 bits per heavy atom. The summed E-state index contributed by atoms with van der Waals surface area (Å²) in [5.41, 5.74) is 0. The Hall–Kier alpha value is -1.39. The van der Waals surface area contributed by atoms with E-state index in [1.807, 2.05) is 0 Å². The van der Waals surface area contributed by atoms with Crippen LogP contribution in [0.25, 0.3) is 0 Å². The zero-order valence-corrected chi connectivity index (χ0v) is 11.2. The molecule has 2 aromatic rings. The van der Waals surface area contributed by atoms with Crippen LogP contribution in [0.5, 0.6) is 0 Å². The molecule has 0 spiro atoms. The summed E-state index contributed by atoms with van der Waals surface area (Å²) in [7, 11) is -0.351. The predicted octanol–water partition coefficient (Wildman–Crippen LogP) is 4.04. The Labute approximate surface area is 105 Å². The number of allylic oxidation sites excluding steroid dienone is 2. The van der Waals surface area contributed by atoms with Crippen molar-refractivity contribution in [1.82, 2.24) is 0 Å². The molecule has 0 aromatic heterocycles. The average molecular weight is 240 g/mol. The third-order valence-electron chi connectivity index (χ3n) is 2.80. The maximum absolute atomic E-state index is 2.23. The average Bonchev–Trinajstić information content (AvgIpc) is 2.41. The quantitative estimate of drug-likeness (QED) is 0.710. The molecule has 86 valence electrons. The maximum atomic E-state index is 2.23. The highest BCUT2D eigenvalue weighted by Crippen LogP contribution is 2.41. The minimum Gasteiger partial charge on any atom is -0.0836 e. The highest BCUT2D eigenvalue weighted by atomic mass is 31.1. The number of hydrogen-bond acceptors (Lipinski definition) is 0. The van der Waals surface area contributed by atoms with Gasteiger partial charge in [0, 0.05) is 0 Å². The lowest BCUT2D eigenvalue weighted by atomic mass is 10.4. The van der Waals surface area contributed by atoms with Crippen LogP contribution in [-0.4, -0.2) is 0 Å². The summed E-state index contributed by atoms with van der Waals surface area (Å²) in [6.07, 6.45) is 2.23. The summed E-state index contributed by atoms with van der Waals surface area (Å²) in [5.74, 6) is 0. The van der Waals surface area contributed by atoms with E-state index in [0.29, 0.717) is 0 Å². The van der Waals surface area contributed by atoms with Gasteiger partial charge < -0.3 is 0 Å². The summed E-state index contributed by atoms with van der Waals surface area (Å²) >= 11 is 0. The molecular weight excluding hydrogens is 223 g/mol. The smallest absolute Gasteiger partial charge is 0.0154 e. The first-order chi connectivity index (χ1) is 8.33. The maximum Gasteiger partial charge on any atom is -0.0154 e. The zero-order chi connectivity index (χ0) is 12.1. The van der Waals surface area contributed by atoms with Crippen LogP contribution in [0.4, 0.5) is 0 Å². The van der Waals surface area contributed by atoms with E-state index >= 15 is 0 Å². The van der Waals surface area contributed by atoms with Gasteiger partial charge in [-0.25, -0.2) is 0 Å². The molecule has 17 heavy (non-hydrogen) atoms. The minimum atomic E-state index is -0.351. The third kappa shape index (κ3) is 2.84. The van der Waals surface area contributed by atoms with Crippen molar-refractivity contribution in [2.24, 2.45) is 0 Å². The van der Waals surface area contributed by atoms with Gasteiger partial charge in [0.1, 0.15) is 0 Å². The van der Waals surface area contributed by atoms with Crippen LogP contribution in [-0.2, 0) is 0 Å². The summed E-state index contributed by atoms with van der Waals surface area (Å²) in [5, 5.41) is 4.30. The number of benzene rings is 2. The van der Waals surface area contributed by atoms with E-state index in [0.717, 1.165) is 0 Å². The topological polar surface area (TPSA) is 0 Å². The molecule has 2 rings (SSSR count). The van der Waals surface area contributed by atoms with Crippen molar-refractivity contribution in [3.8, 4) is 0 Å². The molecule has 0 aliphatic rings. The van der Waals surface area contributed by atoms with Gasteiger partial charge in [0.2, 0.25) is 0 Å². The number of hydrogen-bond donors (Lipinski definition) is 0. The third-order valence-corrected chi connectivity index (χ3v) is 5.39. The Balaban J connectivity index is 2.47. The standard InChI is InChI=1S/C16H17P/c1-3-14(2)17(15-10-6-4-7-11-15)16-12-8-5-9-13-16/h3-13H,1-2H3/b14-3-. The van der Waals surface area contributed by atoms with Crippen molar-refractivity contribution in [2.45, 2.75) is 13.8 Å². The molecule has 0 aliphatic carbocycles. The van der Waals surface area contributed by atoms with E-state index in [9.17, 15) is 0 Å². The Morgan fingerprint density at radius 1 is 0.824 bits per heavy atom. The van der Waals surface area contributed by atoms with Crippen molar-refractivity contribution >= 4 is 18.5 Å². The fourth-order valence-corrected chi connectivity index (χ4v) is 4.15. The molecule has 0 saturated heterocycles. The lowest BCUT2D eigenvalue weighted by molar-refractivity contribution is 1.58. The molecule has 0 N–H and O–H groups in total. The van der Waals surface area contributed by atoms with Crippen molar-refractivity contribution < 1.29 is 0 Å². The number of rotatable bonds is 3. The van der Waals surface area contributed by atoms with E-state index in [2.05, 4.69) is 80.6 Å². The lowest BCUT2D eigenvalue weighted by Crippen LogP contribution is -2.11. The van der Waals surface area contributed by atoms with Crippen molar-refractivity contribution in [3.05, 3.63) is 72.1 Å². The second-order valence-electron chi connectivity index (χ2n) is 3.94. The SMILES string of the molecule is C/C=C(/C)P(c1ccccc1)c1ccccc1. The van der Waals surface area contributed by atoms with E-state index in [1.165, 1.54) is 15.9 Å². The van der Waals surface area contributed by atoms with Crippen LogP contribution in [0.15, 0.2) is 72.1 Å². The van der Waals surface area contributed by atoms with E-state index in [-0.39, 0.29) is 7.92 Å². The fourth-order valence-electron chi connectivity index (χ4n) is 1.84. The molecule has 0 heterocycles. The molecule has 0 bridgehead atoms.